The van der Waals surface area contributed by atoms with E-state index < -0.39 is 0 Å². The van der Waals surface area contributed by atoms with E-state index in [0.717, 1.165) is 51.1 Å². The van der Waals surface area contributed by atoms with Crippen molar-refractivity contribution in [2.45, 2.75) is 38.1 Å². The van der Waals surface area contributed by atoms with Crippen LogP contribution in [-0.4, -0.2) is 48.2 Å². The van der Waals surface area contributed by atoms with Gasteiger partial charge in [0.2, 0.25) is 5.91 Å². The molecule has 0 bridgehead atoms. The molecule has 0 saturated carbocycles. The summed E-state index contributed by atoms with van der Waals surface area (Å²) in [6, 6.07) is 5.65. The molecule has 2 fully saturated rings. The lowest BCUT2D eigenvalue weighted by Crippen LogP contribution is -2.49. The van der Waals surface area contributed by atoms with Gasteiger partial charge in [-0.25, -0.2) is 0 Å². The second kappa shape index (κ2) is 7.84. The van der Waals surface area contributed by atoms with Crippen LogP contribution in [0.1, 0.15) is 31.2 Å². The number of amides is 1. The zero-order valence-corrected chi connectivity index (χ0v) is 14.7. The van der Waals surface area contributed by atoms with Crippen molar-refractivity contribution in [2.75, 3.05) is 26.2 Å². The van der Waals surface area contributed by atoms with Crippen molar-refractivity contribution in [1.29, 1.82) is 0 Å². The van der Waals surface area contributed by atoms with E-state index in [9.17, 15) is 4.79 Å². The molecule has 0 spiro atoms. The van der Waals surface area contributed by atoms with E-state index in [4.69, 9.17) is 28.0 Å². The van der Waals surface area contributed by atoms with Gasteiger partial charge >= 0.3 is 0 Å². The fraction of sp³-hybridized carbons (Fsp3) is 0.588. The van der Waals surface area contributed by atoms with Gasteiger partial charge < -0.3 is 4.90 Å². The monoisotopic (exact) mass is 356 g/mol. The summed E-state index contributed by atoms with van der Waals surface area (Å²) in [6.45, 7) is 3.40. The van der Waals surface area contributed by atoms with Crippen molar-refractivity contribution in [3.8, 4) is 0 Å². The maximum absolute atomic E-state index is 12.7. The fourth-order valence-electron chi connectivity index (χ4n) is 3.32. The molecule has 1 aromatic rings. The van der Waals surface area contributed by atoms with E-state index in [1.54, 1.807) is 12.1 Å². The van der Waals surface area contributed by atoms with Crippen LogP contribution in [0.2, 0.25) is 10.0 Å². The molecule has 2 saturated heterocycles. The van der Waals surface area contributed by atoms with Crippen LogP contribution >= 0.6 is 23.2 Å². The fourth-order valence-corrected chi connectivity index (χ4v) is 3.64. The predicted octanol–water partition coefficient (Wildman–Crippen LogP) is 3.55. The Kier molecular flexibility index (Phi) is 5.81. The lowest BCUT2D eigenvalue weighted by molar-refractivity contribution is -0.144. The lowest BCUT2D eigenvalue weighted by atomic mass is 10.0. The SMILES string of the molecule is O=C(Cc1ccc(Cl)c(Cl)c1)N1CCCCC1CN1CCCO1. The van der Waals surface area contributed by atoms with Gasteiger partial charge in [-0.1, -0.05) is 29.3 Å². The molecule has 1 aromatic carbocycles. The smallest absolute Gasteiger partial charge is 0.227 e. The molecular weight excluding hydrogens is 335 g/mol. The zero-order valence-electron chi connectivity index (χ0n) is 13.1. The largest absolute Gasteiger partial charge is 0.338 e. The number of hydroxylamine groups is 2. The molecule has 1 unspecified atom stereocenters. The highest BCUT2D eigenvalue weighted by Gasteiger charge is 2.29. The molecule has 23 heavy (non-hydrogen) atoms. The van der Waals surface area contributed by atoms with Gasteiger partial charge in [-0.3, -0.25) is 9.63 Å². The van der Waals surface area contributed by atoms with Crippen molar-refractivity contribution in [1.82, 2.24) is 9.96 Å². The minimum Gasteiger partial charge on any atom is -0.338 e. The Labute approximate surface area is 147 Å². The van der Waals surface area contributed by atoms with E-state index >= 15 is 0 Å². The van der Waals surface area contributed by atoms with Crippen LogP contribution in [0.3, 0.4) is 0 Å². The summed E-state index contributed by atoms with van der Waals surface area (Å²) >= 11 is 12.0. The maximum atomic E-state index is 12.7. The van der Waals surface area contributed by atoms with Crippen molar-refractivity contribution in [3.05, 3.63) is 33.8 Å². The molecule has 1 atom stereocenters. The third-order valence-corrected chi connectivity index (χ3v) is 5.27. The first-order valence-corrected chi connectivity index (χ1v) is 9.00. The first-order chi connectivity index (χ1) is 11.1. The Hall–Kier alpha value is -0.810. The quantitative estimate of drug-likeness (QED) is 0.826. The van der Waals surface area contributed by atoms with Crippen molar-refractivity contribution in [3.63, 3.8) is 0 Å². The number of rotatable bonds is 4. The average molecular weight is 357 g/mol. The van der Waals surface area contributed by atoms with E-state index in [2.05, 4.69) is 0 Å². The summed E-state index contributed by atoms with van der Waals surface area (Å²) in [4.78, 5) is 20.4. The number of halogens is 2. The highest BCUT2D eigenvalue weighted by Crippen LogP contribution is 2.24. The number of hydrogen-bond donors (Lipinski definition) is 0. The first kappa shape index (κ1) is 17.0. The Morgan fingerprint density at radius 1 is 1.17 bits per heavy atom. The van der Waals surface area contributed by atoms with Gasteiger partial charge in [0.05, 0.1) is 23.1 Å². The van der Waals surface area contributed by atoms with E-state index in [1.807, 2.05) is 16.0 Å². The molecule has 0 aromatic heterocycles. The summed E-state index contributed by atoms with van der Waals surface area (Å²) in [7, 11) is 0. The number of carbonyl (C=O) groups excluding carboxylic acids is 1. The summed E-state index contributed by atoms with van der Waals surface area (Å²) < 4.78 is 0. The van der Waals surface area contributed by atoms with Crippen LogP contribution < -0.4 is 0 Å². The number of piperidine rings is 1. The van der Waals surface area contributed by atoms with Gasteiger partial charge in [0.25, 0.3) is 0 Å². The molecular formula is C17H22Cl2N2O2. The Morgan fingerprint density at radius 3 is 2.78 bits per heavy atom. The van der Waals surface area contributed by atoms with Gasteiger partial charge in [0.15, 0.2) is 0 Å². The molecule has 0 aliphatic carbocycles. The Morgan fingerprint density at radius 2 is 2.04 bits per heavy atom. The second-order valence-electron chi connectivity index (χ2n) is 6.24. The van der Waals surface area contributed by atoms with Gasteiger partial charge in [0.1, 0.15) is 0 Å². The first-order valence-electron chi connectivity index (χ1n) is 8.25. The summed E-state index contributed by atoms with van der Waals surface area (Å²) in [6.07, 6.45) is 4.74. The van der Waals surface area contributed by atoms with Crippen molar-refractivity contribution in [2.24, 2.45) is 0 Å². The lowest BCUT2D eigenvalue weighted by Gasteiger charge is -2.37. The molecule has 2 heterocycles. The topological polar surface area (TPSA) is 32.8 Å². The number of carbonyl (C=O) groups is 1. The van der Waals surface area contributed by atoms with Gasteiger partial charge in [-0.05, 0) is 43.4 Å². The Balaban J connectivity index is 1.64. The van der Waals surface area contributed by atoms with Gasteiger partial charge in [-0.15, -0.1) is 0 Å². The zero-order chi connectivity index (χ0) is 16.2. The van der Waals surface area contributed by atoms with Crippen molar-refractivity contribution >= 4 is 29.1 Å². The van der Waals surface area contributed by atoms with E-state index in [-0.39, 0.29) is 11.9 Å². The molecule has 1 amide bonds. The minimum atomic E-state index is 0.160. The van der Waals surface area contributed by atoms with Crippen LogP contribution in [0.4, 0.5) is 0 Å². The third kappa shape index (κ3) is 4.38. The molecule has 2 aliphatic heterocycles. The van der Waals surface area contributed by atoms with Crippen LogP contribution in [0.5, 0.6) is 0 Å². The highest BCUT2D eigenvalue weighted by atomic mass is 35.5. The molecule has 3 rings (SSSR count). The maximum Gasteiger partial charge on any atom is 0.227 e. The molecule has 4 nitrogen and oxygen atoms in total. The standard InChI is InChI=1S/C17H22Cl2N2O2/c18-15-6-5-13(10-16(15)19)11-17(22)21-8-2-1-4-14(21)12-20-7-3-9-23-20/h5-6,10,14H,1-4,7-9,11-12H2. The van der Waals surface area contributed by atoms with Gasteiger partial charge in [0, 0.05) is 25.7 Å². The predicted molar refractivity (Wildman–Crippen MR) is 91.7 cm³/mol. The highest BCUT2D eigenvalue weighted by molar-refractivity contribution is 6.42. The summed E-state index contributed by atoms with van der Waals surface area (Å²) in [5.41, 5.74) is 0.908. The van der Waals surface area contributed by atoms with Crippen LogP contribution in [0, 0.1) is 0 Å². The Bertz CT molecular complexity index is 562. The molecule has 0 N–H and O–H groups in total. The molecule has 0 radical (unpaired) electrons. The van der Waals surface area contributed by atoms with Crippen LogP contribution in [0.15, 0.2) is 18.2 Å². The molecule has 126 valence electrons. The number of benzene rings is 1. The van der Waals surface area contributed by atoms with E-state index in [0.29, 0.717) is 16.5 Å². The van der Waals surface area contributed by atoms with Crippen LogP contribution in [0.25, 0.3) is 0 Å². The van der Waals surface area contributed by atoms with Gasteiger partial charge in [-0.2, -0.15) is 5.06 Å². The minimum absolute atomic E-state index is 0.160. The third-order valence-electron chi connectivity index (χ3n) is 4.53. The van der Waals surface area contributed by atoms with E-state index in [1.165, 1.54) is 6.42 Å². The summed E-state index contributed by atoms with van der Waals surface area (Å²) in [5, 5.41) is 3.03. The molecule has 2 aliphatic rings. The average Bonchev–Trinajstić information content (AvgIpc) is 3.04. The summed E-state index contributed by atoms with van der Waals surface area (Å²) in [5.74, 6) is 0.160. The van der Waals surface area contributed by atoms with Crippen molar-refractivity contribution < 1.29 is 9.63 Å². The second-order valence-corrected chi connectivity index (χ2v) is 7.05. The van der Waals surface area contributed by atoms with Crippen LogP contribution in [-0.2, 0) is 16.1 Å². The molecule has 6 heteroatoms. The number of likely N-dealkylation sites (tertiary alicyclic amines) is 1. The number of nitrogens with zero attached hydrogens (tertiary/aromatic N) is 2. The number of hydrogen-bond acceptors (Lipinski definition) is 3. The normalized spacial score (nSPS) is 22.5.